The summed E-state index contributed by atoms with van der Waals surface area (Å²) >= 11 is 1.65. The molecule has 1 aromatic heterocycles. The lowest BCUT2D eigenvalue weighted by molar-refractivity contribution is -0.138. The molecule has 7 heteroatoms. The van der Waals surface area contributed by atoms with Crippen LogP contribution in [0.25, 0.3) is 10.9 Å². The molecule has 1 amide bonds. The van der Waals surface area contributed by atoms with E-state index in [1.165, 1.54) is 12.1 Å². The van der Waals surface area contributed by atoms with Crippen LogP contribution in [0.4, 0.5) is 4.39 Å². The summed E-state index contributed by atoms with van der Waals surface area (Å²) < 4.78 is 13.2. The van der Waals surface area contributed by atoms with Gasteiger partial charge in [-0.05, 0) is 24.3 Å². The van der Waals surface area contributed by atoms with Gasteiger partial charge in [0.1, 0.15) is 11.5 Å². The summed E-state index contributed by atoms with van der Waals surface area (Å²) in [5.74, 6) is -0.0975. The van der Waals surface area contributed by atoms with Crippen LogP contribution in [-0.4, -0.2) is 51.0 Å². The topological polar surface area (TPSA) is 73.4 Å². The number of nitrogens with zero attached hydrogens (tertiary/aromatic N) is 1. The van der Waals surface area contributed by atoms with E-state index in [-0.39, 0.29) is 24.2 Å². The molecule has 2 aromatic rings. The normalized spacial score (nSPS) is 18.6. The summed E-state index contributed by atoms with van der Waals surface area (Å²) in [5, 5.41) is 9.61. The van der Waals surface area contributed by atoms with Crippen molar-refractivity contribution in [3.8, 4) is 0 Å². The third-order valence-corrected chi connectivity index (χ3v) is 4.80. The predicted octanol–water partition coefficient (Wildman–Crippen LogP) is 2.34. The van der Waals surface area contributed by atoms with Crippen LogP contribution in [0, 0.1) is 5.82 Å². The van der Waals surface area contributed by atoms with Crippen LogP contribution in [0.5, 0.6) is 0 Å². The molecule has 2 N–H and O–H groups in total. The molecule has 1 fully saturated rings. The van der Waals surface area contributed by atoms with Gasteiger partial charge >= 0.3 is 5.97 Å². The average molecular weight is 322 g/mol. The third-order valence-electron chi connectivity index (χ3n) is 3.71. The van der Waals surface area contributed by atoms with Crippen molar-refractivity contribution in [1.29, 1.82) is 0 Å². The van der Waals surface area contributed by atoms with Crippen LogP contribution in [-0.2, 0) is 4.79 Å². The van der Waals surface area contributed by atoms with Crippen molar-refractivity contribution >= 4 is 34.5 Å². The quantitative estimate of drug-likeness (QED) is 0.910. The Morgan fingerprint density at radius 2 is 2.23 bits per heavy atom. The summed E-state index contributed by atoms with van der Waals surface area (Å²) in [6, 6.07) is 5.58. The number of aromatic amines is 1. The van der Waals surface area contributed by atoms with Crippen molar-refractivity contribution in [3.63, 3.8) is 0 Å². The van der Waals surface area contributed by atoms with Crippen molar-refractivity contribution in [3.05, 3.63) is 35.8 Å². The number of carbonyl (C=O) groups is 2. The van der Waals surface area contributed by atoms with Gasteiger partial charge in [-0.25, -0.2) is 4.39 Å². The Bertz CT molecular complexity index is 731. The minimum absolute atomic E-state index is 0.0619. The first-order chi connectivity index (χ1) is 10.5. The van der Waals surface area contributed by atoms with Gasteiger partial charge < -0.3 is 15.0 Å². The lowest BCUT2D eigenvalue weighted by Crippen LogP contribution is -2.47. The van der Waals surface area contributed by atoms with E-state index in [0.717, 1.165) is 5.75 Å². The minimum atomic E-state index is -0.913. The van der Waals surface area contributed by atoms with Crippen LogP contribution in [0.1, 0.15) is 16.9 Å². The number of benzene rings is 1. The van der Waals surface area contributed by atoms with Gasteiger partial charge in [0, 0.05) is 29.0 Å². The SMILES string of the molecule is O=C(O)CC1CSCCN1C(=O)c1cc2cc(F)ccc2[nH]1. The lowest BCUT2D eigenvalue weighted by atomic mass is 10.1. The molecule has 1 aromatic carbocycles. The summed E-state index contributed by atoms with van der Waals surface area (Å²) in [7, 11) is 0. The van der Waals surface area contributed by atoms with Crippen molar-refractivity contribution < 1.29 is 19.1 Å². The Morgan fingerprint density at radius 3 is 3.00 bits per heavy atom. The van der Waals surface area contributed by atoms with Crippen LogP contribution in [0.2, 0.25) is 0 Å². The van der Waals surface area contributed by atoms with Crippen molar-refractivity contribution in [1.82, 2.24) is 9.88 Å². The number of hydrogen-bond acceptors (Lipinski definition) is 3. The maximum absolute atomic E-state index is 13.2. The number of halogens is 1. The Kier molecular flexibility index (Phi) is 4.06. The van der Waals surface area contributed by atoms with Gasteiger partial charge in [-0.2, -0.15) is 11.8 Å². The predicted molar refractivity (Wildman–Crippen MR) is 82.7 cm³/mol. The molecule has 0 spiro atoms. The van der Waals surface area contributed by atoms with Gasteiger partial charge in [0.25, 0.3) is 5.91 Å². The maximum Gasteiger partial charge on any atom is 0.305 e. The first kappa shape index (κ1) is 14.9. The molecule has 3 rings (SSSR count). The number of nitrogens with one attached hydrogen (secondary N) is 1. The molecule has 1 unspecified atom stereocenters. The number of thioether (sulfide) groups is 1. The molecule has 1 atom stereocenters. The lowest BCUT2D eigenvalue weighted by Gasteiger charge is -2.34. The van der Waals surface area contributed by atoms with Crippen molar-refractivity contribution in [2.24, 2.45) is 0 Å². The van der Waals surface area contributed by atoms with Gasteiger partial charge in [0.2, 0.25) is 0 Å². The molecular weight excluding hydrogens is 307 g/mol. The van der Waals surface area contributed by atoms with Crippen LogP contribution in [0.15, 0.2) is 24.3 Å². The minimum Gasteiger partial charge on any atom is -0.481 e. The number of amides is 1. The highest BCUT2D eigenvalue weighted by Gasteiger charge is 2.30. The number of rotatable bonds is 3. The van der Waals surface area contributed by atoms with E-state index >= 15 is 0 Å². The van der Waals surface area contributed by atoms with Gasteiger partial charge in [-0.1, -0.05) is 0 Å². The summed E-state index contributed by atoms with van der Waals surface area (Å²) in [4.78, 5) is 28.2. The number of carbonyl (C=O) groups excluding carboxylic acids is 1. The molecule has 22 heavy (non-hydrogen) atoms. The second-order valence-corrected chi connectivity index (χ2v) is 6.39. The van der Waals surface area contributed by atoms with E-state index in [0.29, 0.717) is 28.9 Å². The number of hydrogen-bond donors (Lipinski definition) is 2. The highest BCUT2D eigenvalue weighted by atomic mass is 32.2. The molecule has 5 nitrogen and oxygen atoms in total. The first-order valence-electron chi connectivity index (χ1n) is 6.93. The first-order valence-corrected chi connectivity index (χ1v) is 8.09. The number of carboxylic acids is 1. The number of carboxylic acid groups (broad SMARTS) is 1. The van der Waals surface area contributed by atoms with E-state index in [4.69, 9.17) is 5.11 Å². The molecule has 1 aliphatic heterocycles. The van der Waals surface area contributed by atoms with Crippen molar-refractivity contribution in [2.45, 2.75) is 12.5 Å². The molecule has 0 saturated carbocycles. The van der Waals surface area contributed by atoms with Gasteiger partial charge in [0.05, 0.1) is 12.5 Å². The monoisotopic (exact) mass is 322 g/mol. The Balaban J connectivity index is 1.87. The fraction of sp³-hybridized carbons (Fsp3) is 0.333. The second kappa shape index (κ2) is 6.00. The van der Waals surface area contributed by atoms with E-state index < -0.39 is 5.97 Å². The molecular formula is C15H15FN2O3S. The third kappa shape index (κ3) is 2.94. The zero-order valence-corrected chi connectivity index (χ0v) is 12.5. The zero-order chi connectivity index (χ0) is 15.7. The Hall–Kier alpha value is -2.02. The fourth-order valence-electron chi connectivity index (χ4n) is 2.67. The zero-order valence-electron chi connectivity index (χ0n) is 11.7. The molecule has 0 bridgehead atoms. The number of H-pyrrole nitrogens is 1. The summed E-state index contributed by atoms with van der Waals surface area (Å²) in [5.41, 5.74) is 1.05. The molecule has 0 radical (unpaired) electrons. The second-order valence-electron chi connectivity index (χ2n) is 5.24. The smallest absolute Gasteiger partial charge is 0.305 e. The molecule has 116 valence electrons. The molecule has 1 aliphatic rings. The van der Waals surface area contributed by atoms with E-state index in [9.17, 15) is 14.0 Å². The fourth-order valence-corrected chi connectivity index (χ4v) is 3.73. The van der Waals surface area contributed by atoms with E-state index in [2.05, 4.69) is 4.98 Å². The van der Waals surface area contributed by atoms with Crippen LogP contribution in [0.3, 0.4) is 0 Å². The number of aliphatic carboxylic acids is 1. The highest BCUT2D eigenvalue weighted by Crippen LogP contribution is 2.23. The standard InChI is InChI=1S/C15H15FN2O3S/c16-10-1-2-12-9(5-10)6-13(17-12)15(21)18-3-4-22-8-11(18)7-14(19)20/h1-2,5-6,11,17H,3-4,7-8H2,(H,19,20). The molecule has 1 saturated heterocycles. The van der Waals surface area contributed by atoms with Gasteiger partial charge in [-0.3, -0.25) is 9.59 Å². The maximum atomic E-state index is 13.2. The molecule has 2 heterocycles. The van der Waals surface area contributed by atoms with Crippen LogP contribution >= 0.6 is 11.8 Å². The van der Waals surface area contributed by atoms with Crippen molar-refractivity contribution in [2.75, 3.05) is 18.1 Å². The number of aromatic nitrogens is 1. The Labute approximate surface area is 130 Å². The highest BCUT2D eigenvalue weighted by molar-refractivity contribution is 7.99. The molecule has 0 aliphatic carbocycles. The van der Waals surface area contributed by atoms with E-state index in [1.807, 2.05) is 0 Å². The van der Waals surface area contributed by atoms with Gasteiger partial charge in [0.15, 0.2) is 0 Å². The summed E-state index contributed by atoms with van der Waals surface area (Å²) in [6.45, 7) is 0.519. The van der Waals surface area contributed by atoms with E-state index in [1.54, 1.807) is 28.8 Å². The largest absolute Gasteiger partial charge is 0.481 e. The van der Waals surface area contributed by atoms with Gasteiger partial charge in [-0.15, -0.1) is 0 Å². The Morgan fingerprint density at radius 1 is 1.41 bits per heavy atom. The van der Waals surface area contributed by atoms with Crippen LogP contribution < -0.4 is 0 Å². The summed E-state index contributed by atoms with van der Waals surface area (Å²) in [6.07, 6.45) is -0.0619. The number of fused-ring (bicyclic) bond motifs is 1. The average Bonchev–Trinajstić information content (AvgIpc) is 2.89.